The first-order chi connectivity index (χ1) is 11.3. The highest BCUT2D eigenvalue weighted by Crippen LogP contribution is 2.17. The summed E-state index contributed by atoms with van der Waals surface area (Å²) in [5.41, 5.74) is -1.03. The second kappa shape index (κ2) is 7.63. The van der Waals surface area contributed by atoms with E-state index in [2.05, 4.69) is 10.6 Å². The second-order valence-electron chi connectivity index (χ2n) is 6.86. The maximum Gasteiger partial charge on any atom is 0.326 e. The van der Waals surface area contributed by atoms with Crippen LogP contribution in [0.1, 0.15) is 52.4 Å². The van der Waals surface area contributed by atoms with Gasteiger partial charge in [0.2, 0.25) is 0 Å². The number of nitrogens with zero attached hydrogens (tertiary/aromatic N) is 1. The van der Waals surface area contributed by atoms with E-state index in [4.69, 9.17) is 4.74 Å². The van der Waals surface area contributed by atoms with Crippen molar-refractivity contribution in [2.24, 2.45) is 0 Å². The molecule has 1 saturated carbocycles. The van der Waals surface area contributed by atoms with Crippen molar-refractivity contribution in [1.29, 1.82) is 0 Å². The molecule has 0 aromatic rings. The van der Waals surface area contributed by atoms with E-state index in [0.717, 1.165) is 30.6 Å². The lowest BCUT2D eigenvalue weighted by Crippen LogP contribution is -2.42. The summed E-state index contributed by atoms with van der Waals surface area (Å²) in [6.45, 7) is 2.21. The molecule has 8 nitrogen and oxygen atoms in total. The highest BCUT2D eigenvalue weighted by Gasteiger charge is 2.45. The number of carbonyl (C=O) groups is 4. The standard InChI is InChI=1S/C16H25N3O5/c1-16(2)14(22)19(15(23)18-16)9-13(21)24-10-12(20)17-11-7-5-3-4-6-8-11/h11H,3-10H2,1-2H3,(H,17,20)(H,18,23). The normalized spacial score (nSPS) is 21.2. The summed E-state index contributed by atoms with van der Waals surface area (Å²) in [6.07, 6.45) is 6.43. The summed E-state index contributed by atoms with van der Waals surface area (Å²) in [5, 5.41) is 5.34. The topological polar surface area (TPSA) is 105 Å². The van der Waals surface area contributed by atoms with Crippen molar-refractivity contribution >= 4 is 23.8 Å². The van der Waals surface area contributed by atoms with Gasteiger partial charge >= 0.3 is 12.0 Å². The predicted molar refractivity (Wildman–Crippen MR) is 84.9 cm³/mol. The summed E-state index contributed by atoms with van der Waals surface area (Å²) < 4.78 is 4.88. The lowest BCUT2D eigenvalue weighted by atomic mass is 10.1. The molecule has 4 amide bonds. The number of imide groups is 1. The molecular formula is C16H25N3O5. The molecule has 24 heavy (non-hydrogen) atoms. The Morgan fingerprint density at radius 2 is 1.83 bits per heavy atom. The number of amides is 4. The number of carbonyl (C=O) groups excluding carboxylic acids is 4. The van der Waals surface area contributed by atoms with Gasteiger partial charge in [-0.2, -0.15) is 0 Å². The number of ether oxygens (including phenoxy) is 1. The molecule has 2 rings (SSSR count). The van der Waals surface area contributed by atoms with Crippen LogP contribution in [-0.2, 0) is 19.1 Å². The highest BCUT2D eigenvalue weighted by atomic mass is 16.5. The van der Waals surface area contributed by atoms with Crippen molar-refractivity contribution < 1.29 is 23.9 Å². The maximum absolute atomic E-state index is 12.0. The number of rotatable bonds is 5. The maximum atomic E-state index is 12.0. The van der Waals surface area contributed by atoms with E-state index in [0.29, 0.717) is 0 Å². The van der Waals surface area contributed by atoms with Crippen LogP contribution in [0.5, 0.6) is 0 Å². The first-order valence-electron chi connectivity index (χ1n) is 8.39. The summed E-state index contributed by atoms with van der Waals surface area (Å²) in [7, 11) is 0. The molecule has 0 atom stereocenters. The van der Waals surface area contributed by atoms with E-state index in [1.54, 1.807) is 13.8 Å². The summed E-state index contributed by atoms with van der Waals surface area (Å²) in [6, 6.07) is -0.504. The molecule has 134 valence electrons. The largest absolute Gasteiger partial charge is 0.454 e. The zero-order chi connectivity index (χ0) is 17.7. The molecule has 2 aliphatic rings. The Labute approximate surface area is 141 Å². The van der Waals surface area contributed by atoms with Gasteiger partial charge < -0.3 is 15.4 Å². The smallest absolute Gasteiger partial charge is 0.326 e. The van der Waals surface area contributed by atoms with Gasteiger partial charge in [-0.1, -0.05) is 25.7 Å². The molecular weight excluding hydrogens is 314 g/mol. The molecule has 2 N–H and O–H groups in total. The van der Waals surface area contributed by atoms with E-state index in [9.17, 15) is 19.2 Å². The Morgan fingerprint density at radius 1 is 1.21 bits per heavy atom. The molecule has 0 aromatic carbocycles. The van der Waals surface area contributed by atoms with Gasteiger partial charge in [0.1, 0.15) is 12.1 Å². The summed E-state index contributed by atoms with van der Waals surface area (Å²) in [4.78, 5) is 48.1. The van der Waals surface area contributed by atoms with Crippen molar-refractivity contribution in [3.8, 4) is 0 Å². The third kappa shape index (κ3) is 4.69. The molecule has 1 aliphatic carbocycles. The fourth-order valence-corrected chi connectivity index (χ4v) is 2.98. The number of hydrogen-bond acceptors (Lipinski definition) is 5. The first kappa shape index (κ1) is 18.2. The molecule has 0 bridgehead atoms. The van der Waals surface area contributed by atoms with Crippen molar-refractivity contribution in [1.82, 2.24) is 15.5 Å². The van der Waals surface area contributed by atoms with E-state index in [-0.39, 0.29) is 11.9 Å². The van der Waals surface area contributed by atoms with Crippen molar-refractivity contribution in [3.63, 3.8) is 0 Å². The second-order valence-corrected chi connectivity index (χ2v) is 6.86. The monoisotopic (exact) mass is 339 g/mol. The van der Waals surface area contributed by atoms with Crippen molar-refractivity contribution in [2.45, 2.75) is 64.0 Å². The lowest BCUT2D eigenvalue weighted by Gasteiger charge is -2.17. The van der Waals surface area contributed by atoms with Gasteiger partial charge in [-0.05, 0) is 26.7 Å². The number of urea groups is 1. The third-order valence-corrected chi connectivity index (χ3v) is 4.32. The van der Waals surface area contributed by atoms with Crippen molar-refractivity contribution in [3.05, 3.63) is 0 Å². The molecule has 0 radical (unpaired) electrons. The number of esters is 1. The van der Waals surface area contributed by atoms with E-state index in [1.165, 1.54) is 12.8 Å². The lowest BCUT2D eigenvalue weighted by molar-refractivity contribution is -0.151. The minimum Gasteiger partial charge on any atom is -0.454 e. The Balaban J connectivity index is 1.73. The zero-order valence-electron chi connectivity index (χ0n) is 14.2. The Hall–Kier alpha value is -2.12. The van der Waals surface area contributed by atoms with Gasteiger partial charge in [0.25, 0.3) is 11.8 Å². The van der Waals surface area contributed by atoms with E-state index < -0.39 is 36.6 Å². The molecule has 0 unspecified atom stereocenters. The number of nitrogens with one attached hydrogen (secondary N) is 2. The molecule has 1 aliphatic heterocycles. The van der Waals surface area contributed by atoms with E-state index in [1.807, 2.05) is 0 Å². The van der Waals surface area contributed by atoms with Crippen LogP contribution in [0.15, 0.2) is 0 Å². The molecule has 0 spiro atoms. The van der Waals surface area contributed by atoms with Crippen LogP contribution >= 0.6 is 0 Å². The van der Waals surface area contributed by atoms with Crippen molar-refractivity contribution in [2.75, 3.05) is 13.2 Å². The third-order valence-electron chi connectivity index (χ3n) is 4.32. The van der Waals surface area contributed by atoms with Crippen LogP contribution in [0.25, 0.3) is 0 Å². The van der Waals surface area contributed by atoms with Gasteiger partial charge in [-0.15, -0.1) is 0 Å². The fraction of sp³-hybridized carbons (Fsp3) is 0.750. The molecule has 2 fully saturated rings. The van der Waals surface area contributed by atoms with Crippen LogP contribution in [0.2, 0.25) is 0 Å². The molecule has 8 heteroatoms. The minimum absolute atomic E-state index is 0.130. The zero-order valence-corrected chi connectivity index (χ0v) is 14.2. The van der Waals surface area contributed by atoms with Crippen LogP contribution < -0.4 is 10.6 Å². The Morgan fingerprint density at radius 3 is 2.38 bits per heavy atom. The fourth-order valence-electron chi connectivity index (χ4n) is 2.98. The average molecular weight is 339 g/mol. The van der Waals surface area contributed by atoms with Crippen LogP contribution in [0.3, 0.4) is 0 Å². The van der Waals surface area contributed by atoms with Gasteiger partial charge in [-0.3, -0.25) is 19.3 Å². The minimum atomic E-state index is -1.03. The number of hydrogen-bond donors (Lipinski definition) is 2. The highest BCUT2D eigenvalue weighted by molar-refractivity contribution is 6.08. The predicted octanol–water partition coefficient (Wildman–Crippen LogP) is 0.699. The van der Waals surface area contributed by atoms with Crippen LogP contribution in [-0.4, -0.2) is 53.4 Å². The summed E-state index contributed by atoms with van der Waals surface area (Å²) >= 11 is 0. The van der Waals surface area contributed by atoms with Gasteiger partial charge in [0, 0.05) is 6.04 Å². The van der Waals surface area contributed by atoms with E-state index >= 15 is 0 Å². The van der Waals surface area contributed by atoms with Gasteiger partial charge in [0.15, 0.2) is 6.61 Å². The van der Waals surface area contributed by atoms with Gasteiger partial charge in [-0.25, -0.2) is 4.79 Å². The SMILES string of the molecule is CC1(C)NC(=O)N(CC(=O)OCC(=O)NC2CCCCCC2)C1=O. The average Bonchev–Trinajstić information content (AvgIpc) is 2.70. The quantitative estimate of drug-likeness (QED) is 0.436. The Kier molecular flexibility index (Phi) is 5.80. The first-order valence-corrected chi connectivity index (χ1v) is 8.39. The molecule has 0 aromatic heterocycles. The molecule has 1 heterocycles. The van der Waals surface area contributed by atoms with Gasteiger partial charge in [0.05, 0.1) is 0 Å². The Bertz CT molecular complexity index is 524. The van der Waals surface area contributed by atoms with Crippen LogP contribution in [0, 0.1) is 0 Å². The molecule has 1 saturated heterocycles. The van der Waals surface area contributed by atoms with Crippen LogP contribution in [0.4, 0.5) is 4.79 Å². The summed E-state index contributed by atoms with van der Waals surface area (Å²) in [5.74, 6) is -1.63.